The lowest BCUT2D eigenvalue weighted by Crippen LogP contribution is -2.32. The minimum Gasteiger partial charge on any atom is -0.493 e. The molecule has 1 N–H and O–H groups in total. The fourth-order valence-electron chi connectivity index (χ4n) is 2.13. The second-order valence-electron chi connectivity index (χ2n) is 5.87. The van der Waals surface area contributed by atoms with Gasteiger partial charge in [0.2, 0.25) is 0 Å². The summed E-state index contributed by atoms with van der Waals surface area (Å²) in [5, 5.41) is 0. The molecule has 1 aliphatic rings. The smallest absolute Gasteiger partial charge is 0.127 e. The third kappa shape index (κ3) is 3.24. The van der Waals surface area contributed by atoms with Crippen molar-refractivity contribution >= 4 is 0 Å². The zero-order chi connectivity index (χ0) is 13.2. The van der Waals surface area contributed by atoms with Gasteiger partial charge in [-0.2, -0.15) is 5.48 Å². The zero-order valence-electron chi connectivity index (χ0n) is 11.7. The van der Waals surface area contributed by atoms with E-state index in [1.807, 2.05) is 20.8 Å². The van der Waals surface area contributed by atoms with E-state index in [4.69, 9.17) is 9.57 Å². The van der Waals surface area contributed by atoms with Crippen LogP contribution in [0.25, 0.3) is 0 Å². The first kappa shape index (κ1) is 13.4. The van der Waals surface area contributed by atoms with Gasteiger partial charge in [-0.15, -0.1) is 0 Å². The summed E-state index contributed by atoms with van der Waals surface area (Å²) in [5.41, 5.74) is 5.42. The lowest BCUT2D eigenvalue weighted by molar-refractivity contribution is -0.0900. The summed E-state index contributed by atoms with van der Waals surface area (Å²) in [6.45, 7) is 9.01. The van der Waals surface area contributed by atoms with Crippen LogP contribution in [-0.2, 0) is 4.84 Å². The zero-order valence-corrected chi connectivity index (χ0v) is 11.7. The fraction of sp³-hybridized carbons (Fsp3) is 0.600. The van der Waals surface area contributed by atoms with Crippen molar-refractivity contribution in [2.24, 2.45) is 0 Å². The van der Waals surface area contributed by atoms with Crippen LogP contribution in [0.5, 0.6) is 5.75 Å². The van der Waals surface area contributed by atoms with Gasteiger partial charge in [0.15, 0.2) is 0 Å². The number of hydroxylamine groups is 1. The first-order valence-corrected chi connectivity index (χ1v) is 6.63. The molecular formula is C15H23NO2. The van der Waals surface area contributed by atoms with Crippen molar-refractivity contribution in [2.45, 2.75) is 52.2 Å². The van der Waals surface area contributed by atoms with Gasteiger partial charge in [0.25, 0.3) is 0 Å². The Morgan fingerprint density at radius 3 is 2.83 bits per heavy atom. The van der Waals surface area contributed by atoms with Gasteiger partial charge in [-0.3, -0.25) is 4.84 Å². The standard InChI is InChI=1S/C15H23NO2/c1-11-7-5-8-12-13(16-18-15(2,3)4)9-6-10-17-14(11)12/h5,7-8,13,16H,6,9-10H2,1-4H3. The van der Waals surface area contributed by atoms with E-state index in [2.05, 4.69) is 30.6 Å². The molecule has 0 aliphatic carbocycles. The Labute approximate surface area is 109 Å². The number of fused-ring (bicyclic) bond motifs is 1. The molecule has 0 radical (unpaired) electrons. The molecule has 3 nitrogen and oxygen atoms in total. The van der Waals surface area contributed by atoms with E-state index in [0.717, 1.165) is 25.2 Å². The van der Waals surface area contributed by atoms with Crippen LogP contribution in [0, 0.1) is 6.92 Å². The highest BCUT2D eigenvalue weighted by molar-refractivity contribution is 5.43. The van der Waals surface area contributed by atoms with Crippen molar-refractivity contribution in [1.82, 2.24) is 5.48 Å². The number of hydrogen-bond donors (Lipinski definition) is 1. The average Bonchev–Trinajstić information content (AvgIpc) is 2.49. The maximum atomic E-state index is 5.85. The Bertz CT molecular complexity index is 409. The molecule has 1 aromatic rings. The molecule has 1 unspecified atom stereocenters. The van der Waals surface area contributed by atoms with E-state index in [1.54, 1.807) is 0 Å². The molecule has 0 saturated heterocycles. The predicted octanol–water partition coefficient (Wildman–Crippen LogP) is 3.53. The largest absolute Gasteiger partial charge is 0.493 e. The molecule has 18 heavy (non-hydrogen) atoms. The molecule has 3 heteroatoms. The van der Waals surface area contributed by atoms with E-state index < -0.39 is 0 Å². The van der Waals surface area contributed by atoms with Crippen LogP contribution in [0.4, 0.5) is 0 Å². The Balaban J connectivity index is 2.20. The summed E-state index contributed by atoms with van der Waals surface area (Å²) in [4.78, 5) is 5.72. The fourth-order valence-corrected chi connectivity index (χ4v) is 2.13. The van der Waals surface area contributed by atoms with E-state index in [1.165, 1.54) is 11.1 Å². The van der Waals surface area contributed by atoms with Crippen LogP contribution < -0.4 is 10.2 Å². The second-order valence-corrected chi connectivity index (χ2v) is 5.87. The summed E-state index contributed by atoms with van der Waals surface area (Å²) in [6, 6.07) is 6.50. The summed E-state index contributed by atoms with van der Waals surface area (Å²) in [6.07, 6.45) is 2.08. The SMILES string of the molecule is Cc1cccc2c1OCCCC2NOC(C)(C)C. The van der Waals surface area contributed by atoms with Gasteiger partial charge in [-0.05, 0) is 46.1 Å². The van der Waals surface area contributed by atoms with Crippen molar-refractivity contribution in [3.05, 3.63) is 29.3 Å². The Kier molecular flexibility index (Phi) is 3.93. The van der Waals surface area contributed by atoms with Crippen LogP contribution >= 0.6 is 0 Å². The highest BCUT2D eigenvalue weighted by atomic mass is 16.7. The van der Waals surface area contributed by atoms with Gasteiger partial charge in [-0.1, -0.05) is 18.2 Å². The maximum absolute atomic E-state index is 5.85. The van der Waals surface area contributed by atoms with Crippen LogP contribution in [-0.4, -0.2) is 12.2 Å². The van der Waals surface area contributed by atoms with Gasteiger partial charge in [0.1, 0.15) is 5.75 Å². The number of hydrogen-bond acceptors (Lipinski definition) is 3. The molecule has 0 spiro atoms. The van der Waals surface area contributed by atoms with Gasteiger partial charge >= 0.3 is 0 Å². The van der Waals surface area contributed by atoms with Gasteiger partial charge in [0.05, 0.1) is 18.2 Å². The monoisotopic (exact) mass is 249 g/mol. The molecule has 1 aliphatic heterocycles. The van der Waals surface area contributed by atoms with Crippen molar-refractivity contribution in [1.29, 1.82) is 0 Å². The van der Waals surface area contributed by atoms with E-state index in [9.17, 15) is 0 Å². The molecule has 1 atom stereocenters. The molecule has 0 saturated carbocycles. The second kappa shape index (κ2) is 5.29. The number of ether oxygens (including phenoxy) is 1. The number of benzene rings is 1. The lowest BCUT2D eigenvalue weighted by atomic mass is 10.0. The van der Waals surface area contributed by atoms with E-state index in [0.29, 0.717) is 0 Å². The summed E-state index contributed by atoms with van der Waals surface area (Å²) >= 11 is 0. The molecule has 2 rings (SSSR count). The minimum atomic E-state index is -0.183. The van der Waals surface area contributed by atoms with Gasteiger partial charge < -0.3 is 4.74 Å². The number of rotatable bonds is 2. The summed E-state index contributed by atoms with van der Waals surface area (Å²) in [7, 11) is 0. The topological polar surface area (TPSA) is 30.5 Å². The first-order chi connectivity index (χ1) is 8.47. The average molecular weight is 249 g/mol. The van der Waals surface area contributed by atoms with Crippen LogP contribution in [0.2, 0.25) is 0 Å². The first-order valence-electron chi connectivity index (χ1n) is 6.63. The van der Waals surface area contributed by atoms with Gasteiger partial charge in [-0.25, -0.2) is 0 Å². The molecule has 100 valence electrons. The quantitative estimate of drug-likeness (QED) is 0.813. The van der Waals surface area contributed by atoms with Crippen molar-refractivity contribution in [2.75, 3.05) is 6.61 Å². The maximum Gasteiger partial charge on any atom is 0.127 e. The van der Waals surface area contributed by atoms with Crippen molar-refractivity contribution < 1.29 is 9.57 Å². The van der Waals surface area contributed by atoms with Crippen LogP contribution in [0.3, 0.4) is 0 Å². The van der Waals surface area contributed by atoms with Crippen molar-refractivity contribution in [3.8, 4) is 5.75 Å². The minimum absolute atomic E-state index is 0.183. The lowest BCUT2D eigenvalue weighted by Gasteiger charge is -2.25. The third-order valence-electron chi connectivity index (χ3n) is 3.01. The number of aryl methyl sites for hydroxylation is 1. The molecule has 1 aromatic carbocycles. The van der Waals surface area contributed by atoms with Crippen molar-refractivity contribution in [3.63, 3.8) is 0 Å². The van der Waals surface area contributed by atoms with Crippen LogP contribution in [0.15, 0.2) is 18.2 Å². The molecule has 1 heterocycles. The van der Waals surface area contributed by atoms with E-state index >= 15 is 0 Å². The summed E-state index contributed by atoms with van der Waals surface area (Å²) < 4.78 is 5.85. The molecule has 0 bridgehead atoms. The molecule has 0 amide bonds. The molecule has 0 fully saturated rings. The van der Waals surface area contributed by atoms with Crippen LogP contribution in [0.1, 0.15) is 50.8 Å². The number of para-hydroxylation sites is 1. The Morgan fingerprint density at radius 2 is 2.11 bits per heavy atom. The highest BCUT2D eigenvalue weighted by Crippen LogP contribution is 2.34. The summed E-state index contributed by atoms with van der Waals surface area (Å²) in [5.74, 6) is 1.02. The van der Waals surface area contributed by atoms with Gasteiger partial charge in [0, 0.05) is 5.56 Å². The number of nitrogens with one attached hydrogen (secondary N) is 1. The normalized spacial score (nSPS) is 19.9. The predicted molar refractivity (Wildman–Crippen MR) is 72.6 cm³/mol. The molecular weight excluding hydrogens is 226 g/mol. The molecule has 0 aromatic heterocycles. The third-order valence-corrected chi connectivity index (χ3v) is 3.01. The van der Waals surface area contributed by atoms with E-state index in [-0.39, 0.29) is 11.6 Å². The highest BCUT2D eigenvalue weighted by Gasteiger charge is 2.22. The Hall–Kier alpha value is -1.06. The Morgan fingerprint density at radius 1 is 1.33 bits per heavy atom.